The van der Waals surface area contributed by atoms with Crippen LogP contribution in [0.1, 0.15) is 29.6 Å². The van der Waals surface area contributed by atoms with Gasteiger partial charge in [-0.15, -0.1) is 0 Å². The molecule has 0 bridgehead atoms. The Morgan fingerprint density at radius 2 is 2.20 bits per heavy atom. The maximum absolute atomic E-state index is 12.8. The minimum absolute atomic E-state index is 0.0802. The van der Waals surface area contributed by atoms with Crippen molar-refractivity contribution < 1.29 is 14.3 Å². The van der Waals surface area contributed by atoms with E-state index >= 15 is 0 Å². The first-order chi connectivity index (χ1) is 12.2. The molecule has 0 aromatic carbocycles. The van der Waals surface area contributed by atoms with Gasteiger partial charge < -0.3 is 15.0 Å². The number of hydrogen-bond acceptors (Lipinski definition) is 5. The summed E-state index contributed by atoms with van der Waals surface area (Å²) in [6.07, 6.45) is 5.63. The van der Waals surface area contributed by atoms with Crippen LogP contribution in [0.3, 0.4) is 0 Å². The van der Waals surface area contributed by atoms with Crippen molar-refractivity contribution in [3.8, 4) is 5.75 Å². The van der Waals surface area contributed by atoms with Gasteiger partial charge in [0.1, 0.15) is 17.9 Å². The number of ether oxygens (including phenoxy) is 1. The summed E-state index contributed by atoms with van der Waals surface area (Å²) in [5.74, 6) is 0.455. The zero-order valence-corrected chi connectivity index (χ0v) is 14.4. The molecule has 7 heteroatoms. The molecule has 2 aliphatic rings. The minimum atomic E-state index is -0.491. The van der Waals surface area contributed by atoms with E-state index < -0.39 is 6.04 Å². The lowest BCUT2D eigenvalue weighted by molar-refractivity contribution is -0.125. The molecule has 6 nitrogen and oxygen atoms in total. The lowest BCUT2D eigenvalue weighted by Gasteiger charge is -2.23. The van der Waals surface area contributed by atoms with E-state index in [1.165, 1.54) is 11.3 Å². The van der Waals surface area contributed by atoms with Gasteiger partial charge in [0, 0.05) is 24.0 Å². The molecule has 1 saturated heterocycles. The first-order valence-electron chi connectivity index (χ1n) is 8.41. The predicted molar refractivity (Wildman–Crippen MR) is 93.6 cm³/mol. The topological polar surface area (TPSA) is 71.5 Å². The van der Waals surface area contributed by atoms with Gasteiger partial charge in [0.2, 0.25) is 5.91 Å². The predicted octanol–water partition coefficient (Wildman–Crippen LogP) is 2.08. The summed E-state index contributed by atoms with van der Waals surface area (Å²) in [5, 5.41) is 6.69. The molecule has 2 aromatic rings. The Balaban J connectivity index is 1.51. The lowest BCUT2D eigenvalue weighted by atomic mass is 10.1. The molecule has 0 spiro atoms. The maximum atomic E-state index is 12.8. The van der Waals surface area contributed by atoms with Gasteiger partial charge in [-0.2, -0.15) is 11.3 Å². The first kappa shape index (κ1) is 16.1. The van der Waals surface area contributed by atoms with Crippen LogP contribution >= 0.6 is 11.3 Å². The fourth-order valence-electron chi connectivity index (χ4n) is 3.04. The first-order valence-corrected chi connectivity index (χ1v) is 9.35. The van der Waals surface area contributed by atoms with Crippen molar-refractivity contribution in [1.29, 1.82) is 0 Å². The second-order valence-corrected chi connectivity index (χ2v) is 7.21. The van der Waals surface area contributed by atoms with Crippen LogP contribution in [0.2, 0.25) is 0 Å². The van der Waals surface area contributed by atoms with Crippen molar-refractivity contribution in [1.82, 2.24) is 15.2 Å². The molecule has 0 unspecified atom stereocenters. The Labute approximate surface area is 149 Å². The van der Waals surface area contributed by atoms with E-state index in [-0.39, 0.29) is 24.0 Å². The number of carbonyl (C=O) groups excluding carboxylic acids is 2. The van der Waals surface area contributed by atoms with Gasteiger partial charge in [-0.1, -0.05) is 0 Å². The summed E-state index contributed by atoms with van der Waals surface area (Å²) in [6, 6.07) is 5.20. The number of hydrogen-bond donors (Lipinski definition) is 1. The second-order valence-electron chi connectivity index (χ2n) is 6.43. The van der Waals surface area contributed by atoms with Crippen LogP contribution in [-0.4, -0.2) is 46.4 Å². The summed E-state index contributed by atoms with van der Waals surface area (Å²) in [7, 11) is 0. The normalized spacial score (nSPS) is 22.6. The van der Waals surface area contributed by atoms with Crippen molar-refractivity contribution in [2.45, 2.75) is 37.5 Å². The van der Waals surface area contributed by atoms with Gasteiger partial charge in [0.15, 0.2) is 0 Å². The van der Waals surface area contributed by atoms with Crippen LogP contribution in [0.25, 0.3) is 0 Å². The van der Waals surface area contributed by atoms with E-state index in [1.54, 1.807) is 29.4 Å². The summed E-state index contributed by atoms with van der Waals surface area (Å²) in [4.78, 5) is 31.1. The van der Waals surface area contributed by atoms with Crippen LogP contribution in [0.4, 0.5) is 0 Å². The molecule has 1 aliphatic carbocycles. The van der Waals surface area contributed by atoms with Crippen LogP contribution < -0.4 is 10.1 Å². The van der Waals surface area contributed by atoms with Gasteiger partial charge in [0.25, 0.3) is 5.91 Å². The molecule has 1 aliphatic heterocycles. The molecule has 1 saturated carbocycles. The van der Waals surface area contributed by atoms with E-state index in [4.69, 9.17) is 4.74 Å². The maximum Gasteiger partial charge on any atom is 0.255 e. The van der Waals surface area contributed by atoms with E-state index in [9.17, 15) is 9.59 Å². The summed E-state index contributed by atoms with van der Waals surface area (Å²) >= 11 is 1.47. The van der Waals surface area contributed by atoms with Crippen molar-refractivity contribution in [2.24, 2.45) is 0 Å². The third-order valence-corrected chi connectivity index (χ3v) is 5.14. The molecular formula is C18H19N3O3S. The monoisotopic (exact) mass is 357 g/mol. The Kier molecular flexibility index (Phi) is 4.40. The highest BCUT2D eigenvalue weighted by Crippen LogP contribution is 2.27. The van der Waals surface area contributed by atoms with E-state index in [1.807, 2.05) is 16.8 Å². The highest BCUT2D eigenvalue weighted by molar-refractivity contribution is 7.08. The molecule has 4 rings (SSSR count). The number of nitrogens with one attached hydrogen (secondary N) is 1. The number of nitrogens with zero attached hydrogens (tertiary/aromatic N) is 2. The van der Waals surface area contributed by atoms with Gasteiger partial charge in [-0.3, -0.25) is 14.6 Å². The third kappa shape index (κ3) is 3.66. The zero-order valence-electron chi connectivity index (χ0n) is 13.6. The van der Waals surface area contributed by atoms with E-state index in [0.29, 0.717) is 24.3 Å². The number of rotatable bonds is 5. The van der Waals surface area contributed by atoms with Crippen LogP contribution in [0.5, 0.6) is 5.75 Å². The van der Waals surface area contributed by atoms with Crippen molar-refractivity contribution >= 4 is 23.2 Å². The Hall–Kier alpha value is -2.41. The highest BCUT2D eigenvalue weighted by atomic mass is 32.1. The summed E-state index contributed by atoms with van der Waals surface area (Å²) < 4.78 is 5.94. The number of likely N-dealkylation sites (tertiary alicyclic amines) is 1. The van der Waals surface area contributed by atoms with E-state index in [0.717, 1.165) is 12.8 Å². The van der Waals surface area contributed by atoms with Crippen molar-refractivity contribution in [3.63, 3.8) is 0 Å². The number of aromatic nitrogens is 1. The average molecular weight is 357 g/mol. The Morgan fingerprint density at radius 1 is 1.32 bits per heavy atom. The molecule has 3 heterocycles. The highest BCUT2D eigenvalue weighted by Gasteiger charge is 2.42. The summed E-state index contributed by atoms with van der Waals surface area (Å²) in [6.45, 7) is 0.395. The molecule has 1 N–H and O–H groups in total. The molecular weight excluding hydrogens is 338 g/mol. The number of amides is 2. The standard InChI is InChI=1S/C18H19N3O3S/c22-17(20-13-3-4-13)16-8-15(24-14-2-1-6-19-9-14)10-21(16)18(23)12-5-7-25-11-12/h1-2,5-7,9,11,13,15-16H,3-4,8,10H2,(H,20,22)/t15-,16-/m0/s1. The molecule has 2 atom stereocenters. The molecule has 2 fully saturated rings. The number of thiophene rings is 1. The minimum Gasteiger partial charge on any atom is -0.487 e. The fourth-order valence-corrected chi connectivity index (χ4v) is 3.67. The van der Waals surface area contributed by atoms with Crippen LogP contribution in [0, 0.1) is 0 Å². The number of pyridine rings is 1. The zero-order chi connectivity index (χ0) is 17.2. The molecule has 130 valence electrons. The summed E-state index contributed by atoms with van der Waals surface area (Å²) in [5.41, 5.74) is 0.622. The third-order valence-electron chi connectivity index (χ3n) is 4.46. The van der Waals surface area contributed by atoms with Crippen LogP contribution in [0.15, 0.2) is 41.4 Å². The van der Waals surface area contributed by atoms with Crippen molar-refractivity contribution in [3.05, 3.63) is 46.9 Å². The van der Waals surface area contributed by atoms with Gasteiger partial charge in [-0.25, -0.2) is 0 Å². The van der Waals surface area contributed by atoms with Crippen molar-refractivity contribution in [2.75, 3.05) is 6.54 Å². The Morgan fingerprint density at radius 3 is 2.88 bits per heavy atom. The van der Waals surface area contributed by atoms with E-state index in [2.05, 4.69) is 10.3 Å². The quantitative estimate of drug-likeness (QED) is 0.889. The Bertz CT molecular complexity index is 746. The molecule has 2 amide bonds. The van der Waals surface area contributed by atoms with Gasteiger partial charge in [-0.05, 0) is 36.4 Å². The molecule has 25 heavy (non-hydrogen) atoms. The molecule has 2 aromatic heterocycles. The van der Waals surface area contributed by atoms with Crippen LogP contribution in [-0.2, 0) is 4.79 Å². The largest absolute Gasteiger partial charge is 0.487 e. The fraction of sp³-hybridized carbons (Fsp3) is 0.389. The second kappa shape index (κ2) is 6.84. The average Bonchev–Trinajstić information content (AvgIpc) is 3.12. The SMILES string of the molecule is O=C(NC1CC1)[C@@H]1C[C@H](Oc2cccnc2)CN1C(=O)c1ccsc1. The molecule has 0 radical (unpaired) electrons. The number of carbonyl (C=O) groups is 2. The smallest absolute Gasteiger partial charge is 0.255 e. The van der Waals surface area contributed by atoms with Gasteiger partial charge in [0.05, 0.1) is 18.3 Å². The lowest BCUT2D eigenvalue weighted by Crippen LogP contribution is -2.46. The van der Waals surface area contributed by atoms with Gasteiger partial charge >= 0.3 is 0 Å².